The van der Waals surface area contributed by atoms with Crippen LogP contribution in [0.4, 0.5) is 10.5 Å². The summed E-state index contributed by atoms with van der Waals surface area (Å²) >= 11 is 0. The first kappa shape index (κ1) is 16.3. The second kappa shape index (κ2) is 6.88. The molecule has 0 bridgehead atoms. The largest absolute Gasteiger partial charge is 0.381 e. The predicted octanol–water partition coefficient (Wildman–Crippen LogP) is 1.37. The van der Waals surface area contributed by atoms with Crippen LogP contribution >= 0.6 is 0 Å². The predicted molar refractivity (Wildman–Crippen MR) is 88.7 cm³/mol. The monoisotopic (exact) mass is 321 g/mol. The van der Waals surface area contributed by atoms with E-state index in [1.165, 1.54) is 0 Å². The normalized spacial score (nSPS) is 20.7. The number of nitrogens with zero attached hydrogens (tertiary/aromatic N) is 4. The first-order chi connectivity index (χ1) is 11.1. The number of hydrogen-bond acceptors (Lipinski definition) is 4. The van der Waals surface area contributed by atoms with Gasteiger partial charge in [0, 0.05) is 52.5 Å². The van der Waals surface area contributed by atoms with Gasteiger partial charge in [-0.2, -0.15) is 5.10 Å². The maximum absolute atomic E-state index is 12.5. The molecule has 7 heteroatoms. The minimum absolute atomic E-state index is 0.0178. The summed E-state index contributed by atoms with van der Waals surface area (Å²) in [5, 5.41) is 7.37. The summed E-state index contributed by atoms with van der Waals surface area (Å²) in [6.07, 6.45) is 2.22. The second-order valence-corrected chi connectivity index (χ2v) is 6.47. The molecule has 2 fully saturated rings. The average Bonchev–Trinajstić information content (AvgIpc) is 2.82. The summed E-state index contributed by atoms with van der Waals surface area (Å²) in [4.78, 5) is 16.9. The Kier molecular flexibility index (Phi) is 4.87. The van der Waals surface area contributed by atoms with E-state index < -0.39 is 0 Å². The zero-order valence-corrected chi connectivity index (χ0v) is 14.3. The number of anilines is 1. The van der Waals surface area contributed by atoms with Crippen LogP contribution in [0, 0.1) is 13.8 Å². The number of hydrogen-bond donors (Lipinski definition) is 1. The van der Waals surface area contributed by atoms with E-state index in [1.54, 1.807) is 4.68 Å². The molecule has 1 aromatic heterocycles. The van der Waals surface area contributed by atoms with Crippen LogP contribution < -0.4 is 5.32 Å². The van der Waals surface area contributed by atoms with Crippen LogP contribution in [-0.2, 0) is 11.8 Å². The molecule has 0 aliphatic carbocycles. The van der Waals surface area contributed by atoms with E-state index in [-0.39, 0.29) is 6.03 Å². The Balaban J connectivity index is 1.54. The summed E-state index contributed by atoms with van der Waals surface area (Å²) < 4.78 is 7.23. The van der Waals surface area contributed by atoms with Crippen LogP contribution in [0.15, 0.2) is 0 Å². The van der Waals surface area contributed by atoms with Gasteiger partial charge in [-0.05, 0) is 26.7 Å². The van der Waals surface area contributed by atoms with E-state index in [0.29, 0.717) is 6.04 Å². The highest BCUT2D eigenvalue weighted by molar-refractivity contribution is 5.90. The summed E-state index contributed by atoms with van der Waals surface area (Å²) in [5.41, 5.74) is 2.68. The number of aromatic nitrogens is 2. The van der Waals surface area contributed by atoms with Gasteiger partial charge in [0.2, 0.25) is 0 Å². The number of amides is 2. The van der Waals surface area contributed by atoms with E-state index in [0.717, 1.165) is 69.3 Å². The zero-order valence-electron chi connectivity index (χ0n) is 14.3. The van der Waals surface area contributed by atoms with Crippen molar-refractivity contribution < 1.29 is 9.53 Å². The van der Waals surface area contributed by atoms with Crippen LogP contribution in [0.5, 0.6) is 0 Å². The lowest BCUT2D eigenvalue weighted by molar-refractivity contribution is 0.0194. The molecular formula is C16H27N5O2. The van der Waals surface area contributed by atoms with Crippen molar-refractivity contribution in [1.29, 1.82) is 0 Å². The van der Waals surface area contributed by atoms with Crippen molar-refractivity contribution in [2.45, 2.75) is 32.7 Å². The van der Waals surface area contributed by atoms with Crippen molar-refractivity contribution in [3.05, 3.63) is 11.4 Å². The van der Waals surface area contributed by atoms with Gasteiger partial charge in [0.25, 0.3) is 0 Å². The maximum atomic E-state index is 12.5. The van der Waals surface area contributed by atoms with Crippen molar-refractivity contribution in [2.24, 2.45) is 7.05 Å². The fraction of sp³-hybridized carbons (Fsp3) is 0.750. The molecule has 2 amide bonds. The Morgan fingerprint density at radius 3 is 2.39 bits per heavy atom. The van der Waals surface area contributed by atoms with Gasteiger partial charge in [-0.1, -0.05) is 0 Å². The van der Waals surface area contributed by atoms with E-state index in [1.807, 2.05) is 25.8 Å². The van der Waals surface area contributed by atoms with Crippen molar-refractivity contribution in [1.82, 2.24) is 19.6 Å². The minimum Gasteiger partial charge on any atom is -0.381 e. The number of rotatable bonds is 2. The topological polar surface area (TPSA) is 62.6 Å². The molecule has 23 heavy (non-hydrogen) atoms. The first-order valence-electron chi connectivity index (χ1n) is 8.44. The van der Waals surface area contributed by atoms with Gasteiger partial charge in [0.15, 0.2) is 0 Å². The van der Waals surface area contributed by atoms with Crippen LogP contribution in [-0.4, -0.2) is 71.0 Å². The van der Waals surface area contributed by atoms with Gasteiger partial charge in [-0.15, -0.1) is 0 Å². The van der Waals surface area contributed by atoms with Crippen molar-refractivity contribution in [3.8, 4) is 0 Å². The molecule has 0 unspecified atom stereocenters. The fourth-order valence-corrected chi connectivity index (χ4v) is 3.48. The van der Waals surface area contributed by atoms with Gasteiger partial charge in [0.1, 0.15) is 0 Å². The molecule has 0 spiro atoms. The number of carbonyl (C=O) groups excluding carboxylic acids is 1. The number of carbonyl (C=O) groups is 1. The van der Waals surface area contributed by atoms with E-state index in [2.05, 4.69) is 15.3 Å². The highest BCUT2D eigenvalue weighted by Gasteiger charge is 2.27. The molecule has 128 valence electrons. The van der Waals surface area contributed by atoms with Gasteiger partial charge in [-0.25, -0.2) is 4.79 Å². The third kappa shape index (κ3) is 3.50. The molecule has 0 saturated carbocycles. The van der Waals surface area contributed by atoms with Crippen LogP contribution in [0.3, 0.4) is 0 Å². The van der Waals surface area contributed by atoms with E-state index >= 15 is 0 Å². The third-order valence-corrected chi connectivity index (χ3v) is 5.05. The third-order valence-electron chi connectivity index (χ3n) is 5.05. The van der Waals surface area contributed by atoms with Crippen LogP contribution in [0.25, 0.3) is 0 Å². The Bertz CT molecular complexity index is 557. The molecule has 0 atom stereocenters. The highest BCUT2D eigenvalue weighted by atomic mass is 16.5. The molecule has 1 aromatic rings. The molecule has 2 saturated heterocycles. The smallest absolute Gasteiger partial charge is 0.322 e. The van der Waals surface area contributed by atoms with Crippen molar-refractivity contribution in [2.75, 3.05) is 44.7 Å². The lowest BCUT2D eigenvalue weighted by Crippen LogP contribution is -2.53. The Labute approximate surface area is 137 Å². The minimum atomic E-state index is -0.0178. The molecule has 3 rings (SSSR count). The number of aryl methyl sites for hydroxylation is 2. The second-order valence-electron chi connectivity index (χ2n) is 6.47. The number of piperazine rings is 1. The molecule has 7 nitrogen and oxygen atoms in total. The maximum Gasteiger partial charge on any atom is 0.322 e. The first-order valence-corrected chi connectivity index (χ1v) is 8.44. The molecule has 3 heterocycles. The van der Waals surface area contributed by atoms with Crippen molar-refractivity contribution >= 4 is 11.7 Å². The fourth-order valence-electron chi connectivity index (χ4n) is 3.48. The average molecular weight is 321 g/mol. The van der Waals surface area contributed by atoms with Gasteiger partial charge in [0.05, 0.1) is 17.1 Å². The molecule has 0 aromatic carbocycles. The highest BCUT2D eigenvalue weighted by Crippen LogP contribution is 2.20. The number of nitrogens with one attached hydrogen (secondary N) is 1. The van der Waals surface area contributed by atoms with E-state index in [4.69, 9.17) is 4.74 Å². The summed E-state index contributed by atoms with van der Waals surface area (Å²) in [6.45, 7) is 9.08. The quantitative estimate of drug-likeness (QED) is 0.893. The summed E-state index contributed by atoms with van der Waals surface area (Å²) in [5.74, 6) is 0. The van der Waals surface area contributed by atoms with Crippen LogP contribution in [0.1, 0.15) is 24.2 Å². The zero-order chi connectivity index (χ0) is 16.4. The SMILES string of the molecule is Cc1nn(C)c(C)c1NC(=O)N1CCN(C2CCOCC2)CC1. The Hall–Kier alpha value is -1.60. The number of ether oxygens (including phenoxy) is 1. The number of urea groups is 1. The van der Waals surface area contributed by atoms with Gasteiger partial charge >= 0.3 is 6.03 Å². The van der Waals surface area contributed by atoms with Gasteiger partial charge < -0.3 is 15.0 Å². The Morgan fingerprint density at radius 1 is 1.17 bits per heavy atom. The van der Waals surface area contributed by atoms with Crippen LogP contribution in [0.2, 0.25) is 0 Å². The summed E-state index contributed by atoms with van der Waals surface area (Å²) in [6, 6.07) is 0.604. The molecule has 2 aliphatic rings. The Morgan fingerprint density at radius 2 is 1.83 bits per heavy atom. The lowest BCUT2D eigenvalue weighted by Gasteiger charge is -2.40. The molecule has 2 aliphatic heterocycles. The molecular weight excluding hydrogens is 294 g/mol. The van der Waals surface area contributed by atoms with Gasteiger partial charge in [-0.3, -0.25) is 9.58 Å². The molecule has 1 N–H and O–H groups in total. The standard InChI is InChI=1S/C16H27N5O2/c1-12-15(13(2)19(3)18-12)17-16(22)21-8-6-20(7-9-21)14-4-10-23-11-5-14/h14H,4-11H2,1-3H3,(H,17,22). The lowest BCUT2D eigenvalue weighted by atomic mass is 10.1. The van der Waals surface area contributed by atoms with Crippen molar-refractivity contribution in [3.63, 3.8) is 0 Å². The summed E-state index contributed by atoms with van der Waals surface area (Å²) in [7, 11) is 1.89. The molecule has 0 radical (unpaired) electrons. The van der Waals surface area contributed by atoms with E-state index in [9.17, 15) is 4.79 Å².